The van der Waals surface area contributed by atoms with E-state index in [1.165, 1.54) is 6.92 Å². The summed E-state index contributed by atoms with van der Waals surface area (Å²) < 4.78 is 44.5. The van der Waals surface area contributed by atoms with Crippen molar-refractivity contribution in [2.45, 2.75) is 26.3 Å². The van der Waals surface area contributed by atoms with Crippen LogP contribution in [0, 0.1) is 0 Å². The van der Waals surface area contributed by atoms with E-state index < -0.39 is 30.1 Å². The van der Waals surface area contributed by atoms with Crippen molar-refractivity contribution in [1.29, 1.82) is 0 Å². The molecule has 1 aromatic carbocycles. The molecule has 8 heteroatoms. The van der Waals surface area contributed by atoms with Crippen LogP contribution in [0.5, 0.6) is 5.75 Å². The largest absolute Gasteiger partial charge is 0.573 e. The van der Waals surface area contributed by atoms with E-state index in [-0.39, 0.29) is 5.56 Å². The Morgan fingerprint density at radius 1 is 1.24 bits per heavy atom. The number of likely N-dealkylation sites (N-methyl/N-ethyl adjacent to an activating group) is 1. The van der Waals surface area contributed by atoms with Gasteiger partial charge in [-0.25, -0.2) is 4.79 Å². The zero-order chi connectivity index (χ0) is 16.0. The lowest BCUT2D eigenvalue weighted by atomic mass is 10.2. The van der Waals surface area contributed by atoms with Gasteiger partial charge in [0.25, 0.3) is 5.91 Å². The molecule has 0 saturated carbocycles. The predicted molar refractivity (Wildman–Crippen MR) is 66.7 cm³/mol. The molecule has 1 atom stereocenters. The monoisotopic (exact) mass is 305 g/mol. The number of hydrogen-bond donors (Lipinski definition) is 1. The molecule has 0 saturated heterocycles. The first-order valence-electron chi connectivity index (χ1n) is 6.07. The third kappa shape index (κ3) is 5.72. The number of nitrogens with one attached hydrogen (secondary N) is 1. The van der Waals surface area contributed by atoms with Crippen molar-refractivity contribution in [1.82, 2.24) is 5.32 Å². The Labute approximate surface area is 119 Å². The van der Waals surface area contributed by atoms with Gasteiger partial charge in [0, 0.05) is 6.54 Å². The highest BCUT2D eigenvalue weighted by Gasteiger charge is 2.31. The maximum atomic E-state index is 12.0. The molecule has 0 aliphatic heterocycles. The second kappa shape index (κ2) is 6.96. The van der Waals surface area contributed by atoms with Crippen LogP contribution in [0.25, 0.3) is 0 Å². The van der Waals surface area contributed by atoms with Gasteiger partial charge in [0.1, 0.15) is 5.75 Å². The smallest absolute Gasteiger partial charge is 0.449 e. The van der Waals surface area contributed by atoms with Gasteiger partial charge in [-0.05, 0) is 38.1 Å². The fourth-order valence-electron chi connectivity index (χ4n) is 1.39. The van der Waals surface area contributed by atoms with E-state index >= 15 is 0 Å². The van der Waals surface area contributed by atoms with E-state index in [0.717, 1.165) is 24.3 Å². The summed E-state index contributed by atoms with van der Waals surface area (Å²) in [5.74, 6) is -1.72. The molecular weight excluding hydrogens is 291 g/mol. The molecule has 0 fully saturated rings. The van der Waals surface area contributed by atoms with Crippen LogP contribution >= 0.6 is 0 Å². The Morgan fingerprint density at radius 2 is 1.81 bits per heavy atom. The Balaban J connectivity index is 2.65. The number of alkyl halides is 3. The van der Waals surface area contributed by atoms with Crippen LogP contribution in [0.1, 0.15) is 24.2 Å². The van der Waals surface area contributed by atoms with Crippen LogP contribution in [0.2, 0.25) is 0 Å². The molecule has 0 aliphatic rings. The van der Waals surface area contributed by atoms with Crippen molar-refractivity contribution in [3.05, 3.63) is 29.8 Å². The molecule has 5 nitrogen and oxygen atoms in total. The van der Waals surface area contributed by atoms with E-state index in [1.807, 2.05) is 0 Å². The minimum Gasteiger partial charge on any atom is -0.449 e. The topological polar surface area (TPSA) is 64.6 Å². The number of carbonyl (C=O) groups excluding carboxylic acids is 2. The Kier molecular flexibility index (Phi) is 5.57. The Hall–Kier alpha value is -2.25. The summed E-state index contributed by atoms with van der Waals surface area (Å²) in [6.07, 6.45) is -5.79. The molecule has 1 N–H and O–H groups in total. The van der Waals surface area contributed by atoms with Gasteiger partial charge in [0.05, 0.1) is 5.56 Å². The lowest BCUT2D eigenvalue weighted by molar-refractivity contribution is -0.274. The van der Waals surface area contributed by atoms with Crippen molar-refractivity contribution < 1.29 is 32.2 Å². The molecule has 116 valence electrons. The zero-order valence-corrected chi connectivity index (χ0v) is 11.4. The summed E-state index contributed by atoms with van der Waals surface area (Å²) in [6.45, 7) is 3.50. The van der Waals surface area contributed by atoms with Crippen LogP contribution in [-0.2, 0) is 9.53 Å². The standard InChI is InChI=1S/C13H14F3NO4/c1-3-17-11(18)8(2)20-12(19)9-4-6-10(7-5-9)21-13(14,15)16/h4-8H,3H2,1-2H3,(H,17,18)/t8-/m0/s1. The van der Waals surface area contributed by atoms with Crippen molar-refractivity contribution in [3.8, 4) is 5.75 Å². The summed E-state index contributed by atoms with van der Waals surface area (Å²) >= 11 is 0. The predicted octanol–water partition coefficient (Wildman–Crippen LogP) is 2.27. The average molecular weight is 305 g/mol. The normalized spacial score (nSPS) is 12.4. The molecule has 1 amide bonds. The van der Waals surface area contributed by atoms with E-state index in [4.69, 9.17) is 4.74 Å². The second-order valence-electron chi connectivity index (χ2n) is 4.01. The molecule has 0 unspecified atom stereocenters. The van der Waals surface area contributed by atoms with Gasteiger partial charge in [0.2, 0.25) is 0 Å². The molecular formula is C13H14F3NO4. The van der Waals surface area contributed by atoms with Crippen molar-refractivity contribution >= 4 is 11.9 Å². The second-order valence-corrected chi connectivity index (χ2v) is 4.01. The number of halogens is 3. The summed E-state index contributed by atoms with van der Waals surface area (Å²) in [5.41, 5.74) is 0.0145. The summed E-state index contributed by atoms with van der Waals surface area (Å²) in [4.78, 5) is 23.1. The Bertz CT molecular complexity index is 499. The first-order chi connectivity index (χ1) is 9.73. The zero-order valence-electron chi connectivity index (χ0n) is 11.4. The summed E-state index contributed by atoms with van der Waals surface area (Å²) in [6, 6.07) is 4.21. The van der Waals surface area contributed by atoms with Gasteiger partial charge >= 0.3 is 12.3 Å². The van der Waals surface area contributed by atoms with Crippen molar-refractivity contribution in [3.63, 3.8) is 0 Å². The lowest BCUT2D eigenvalue weighted by Crippen LogP contribution is -2.35. The fraction of sp³-hybridized carbons (Fsp3) is 0.385. The number of hydrogen-bond acceptors (Lipinski definition) is 4. The van der Waals surface area contributed by atoms with Gasteiger partial charge in [0.15, 0.2) is 6.10 Å². The third-order valence-electron chi connectivity index (χ3n) is 2.33. The lowest BCUT2D eigenvalue weighted by Gasteiger charge is -2.13. The number of benzene rings is 1. The summed E-state index contributed by atoms with van der Waals surface area (Å²) in [7, 11) is 0. The average Bonchev–Trinajstić information content (AvgIpc) is 2.37. The van der Waals surface area contributed by atoms with E-state index in [9.17, 15) is 22.8 Å². The third-order valence-corrected chi connectivity index (χ3v) is 2.33. The number of carbonyl (C=O) groups is 2. The van der Waals surface area contributed by atoms with Crippen LogP contribution in [0.15, 0.2) is 24.3 Å². The number of esters is 1. The van der Waals surface area contributed by atoms with Crippen LogP contribution in [0.3, 0.4) is 0 Å². The minimum absolute atomic E-state index is 0.0145. The number of ether oxygens (including phenoxy) is 2. The summed E-state index contributed by atoms with van der Waals surface area (Å²) in [5, 5.41) is 2.48. The Morgan fingerprint density at radius 3 is 2.29 bits per heavy atom. The van der Waals surface area contributed by atoms with E-state index in [1.54, 1.807) is 6.92 Å². The first kappa shape index (κ1) is 16.8. The molecule has 0 bridgehead atoms. The molecule has 0 aromatic heterocycles. The molecule has 0 radical (unpaired) electrons. The van der Waals surface area contributed by atoms with Crippen LogP contribution in [0.4, 0.5) is 13.2 Å². The number of rotatable bonds is 5. The van der Waals surface area contributed by atoms with Crippen molar-refractivity contribution in [2.24, 2.45) is 0 Å². The van der Waals surface area contributed by atoms with Crippen LogP contribution in [-0.4, -0.2) is 30.9 Å². The van der Waals surface area contributed by atoms with Gasteiger partial charge < -0.3 is 14.8 Å². The van der Waals surface area contributed by atoms with Gasteiger partial charge in [-0.15, -0.1) is 13.2 Å². The van der Waals surface area contributed by atoms with Crippen LogP contribution < -0.4 is 10.1 Å². The number of amides is 1. The SMILES string of the molecule is CCNC(=O)[C@H](C)OC(=O)c1ccc(OC(F)(F)F)cc1. The molecule has 0 aliphatic carbocycles. The highest BCUT2D eigenvalue weighted by Crippen LogP contribution is 2.22. The van der Waals surface area contributed by atoms with Gasteiger partial charge in [-0.1, -0.05) is 0 Å². The maximum Gasteiger partial charge on any atom is 0.573 e. The molecule has 1 rings (SSSR count). The van der Waals surface area contributed by atoms with Gasteiger partial charge in [-0.3, -0.25) is 4.79 Å². The highest BCUT2D eigenvalue weighted by atomic mass is 19.4. The maximum absolute atomic E-state index is 12.0. The molecule has 0 heterocycles. The fourth-order valence-corrected chi connectivity index (χ4v) is 1.39. The van der Waals surface area contributed by atoms with E-state index in [0.29, 0.717) is 6.54 Å². The van der Waals surface area contributed by atoms with Gasteiger partial charge in [-0.2, -0.15) is 0 Å². The van der Waals surface area contributed by atoms with Crippen molar-refractivity contribution in [2.75, 3.05) is 6.54 Å². The molecule has 0 spiro atoms. The molecule has 21 heavy (non-hydrogen) atoms. The quantitative estimate of drug-likeness (QED) is 0.848. The molecule has 1 aromatic rings. The minimum atomic E-state index is -4.80. The highest BCUT2D eigenvalue weighted by molar-refractivity contribution is 5.92. The van der Waals surface area contributed by atoms with E-state index in [2.05, 4.69) is 10.1 Å². The first-order valence-corrected chi connectivity index (χ1v) is 6.07.